The predicted octanol–water partition coefficient (Wildman–Crippen LogP) is 3.75. The first kappa shape index (κ1) is 13.2. The molecule has 88 valence electrons. The number of rotatable bonds is 3. The van der Waals surface area contributed by atoms with Crippen molar-refractivity contribution in [3.8, 4) is 0 Å². The molecule has 0 saturated carbocycles. The standard InChI is InChI=1S/C10H7BrF4O/c11-4-9(16)7-1-6(5-12)2-8(3-7)10(13,14)15/h1-3H,4-5H2. The lowest BCUT2D eigenvalue weighted by Crippen LogP contribution is -2.09. The van der Waals surface area contributed by atoms with Crippen LogP contribution in [0.1, 0.15) is 21.5 Å². The number of hydrogen-bond donors (Lipinski definition) is 0. The van der Waals surface area contributed by atoms with E-state index in [0.717, 1.165) is 12.1 Å². The summed E-state index contributed by atoms with van der Waals surface area (Å²) >= 11 is 2.85. The smallest absolute Gasteiger partial charge is 0.293 e. The lowest BCUT2D eigenvalue weighted by Gasteiger charge is -2.09. The fourth-order valence-electron chi connectivity index (χ4n) is 1.17. The van der Waals surface area contributed by atoms with Crippen LogP contribution in [0.2, 0.25) is 0 Å². The largest absolute Gasteiger partial charge is 0.416 e. The maximum atomic E-state index is 12.4. The molecule has 0 fully saturated rings. The van der Waals surface area contributed by atoms with Crippen molar-refractivity contribution in [1.82, 2.24) is 0 Å². The number of alkyl halides is 5. The summed E-state index contributed by atoms with van der Waals surface area (Å²) in [7, 11) is 0. The lowest BCUT2D eigenvalue weighted by atomic mass is 10.0. The van der Waals surface area contributed by atoms with E-state index in [0.29, 0.717) is 6.07 Å². The molecule has 0 bridgehead atoms. The molecule has 6 heteroatoms. The van der Waals surface area contributed by atoms with E-state index in [-0.39, 0.29) is 16.5 Å². The second kappa shape index (κ2) is 4.95. The molecule has 0 heterocycles. The number of carbonyl (C=O) groups excluding carboxylic acids is 1. The molecule has 0 spiro atoms. The number of hydrogen-bond acceptors (Lipinski definition) is 1. The van der Waals surface area contributed by atoms with Gasteiger partial charge in [0.1, 0.15) is 6.67 Å². The van der Waals surface area contributed by atoms with Gasteiger partial charge in [0.25, 0.3) is 0 Å². The summed E-state index contributed by atoms with van der Waals surface area (Å²) in [6, 6.07) is 2.55. The van der Waals surface area contributed by atoms with Crippen LogP contribution in [0.25, 0.3) is 0 Å². The third kappa shape index (κ3) is 3.04. The lowest BCUT2D eigenvalue weighted by molar-refractivity contribution is -0.137. The molecule has 0 radical (unpaired) electrons. The Hall–Kier alpha value is -0.910. The molecule has 1 aromatic rings. The number of halogens is 5. The summed E-state index contributed by atoms with van der Waals surface area (Å²) in [4.78, 5) is 11.2. The minimum absolute atomic E-state index is 0.0972. The Labute approximate surface area is 97.6 Å². The minimum atomic E-state index is -4.58. The monoisotopic (exact) mass is 298 g/mol. The second-order valence-electron chi connectivity index (χ2n) is 3.11. The third-order valence-electron chi connectivity index (χ3n) is 1.92. The summed E-state index contributed by atoms with van der Waals surface area (Å²) < 4.78 is 49.6. The van der Waals surface area contributed by atoms with Crippen LogP contribution in [-0.4, -0.2) is 11.1 Å². The Balaban J connectivity index is 3.27. The quantitative estimate of drug-likeness (QED) is 0.472. The van der Waals surface area contributed by atoms with Gasteiger partial charge in [0.05, 0.1) is 10.9 Å². The van der Waals surface area contributed by atoms with E-state index >= 15 is 0 Å². The highest BCUT2D eigenvalue weighted by Gasteiger charge is 2.31. The van der Waals surface area contributed by atoms with E-state index in [1.54, 1.807) is 0 Å². The van der Waals surface area contributed by atoms with Crippen molar-refractivity contribution in [1.29, 1.82) is 0 Å². The van der Waals surface area contributed by atoms with Crippen molar-refractivity contribution >= 4 is 21.7 Å². The van der Waals surface area contributed by atoms with Crippen LogP contribution < -0.4 is 0 Å². The highest BCUT2D eigenvalue weighted by atomic mass is 79.9. The molecule has 0 N–H and O–H groups in total. The molecular weight excluding hydrogens is 292 g/mol. The fraction of sp³-hybridized carbons (Fsp3) is 0.300. The van der Waals surface area contributed by atoms with Crippen LogP contribution in [-0.2, 0) is 12.9 Å². The molecular formula is C10H7BrF4O. The van der Waals surface area contributed by atoms with E-state index in [1.165, 1.54) is 0 Å². The molecule has 0 aliphatic carbocycles. The molecule has 0 aliphatic rings. The van der Waals surface area contributed by atoms with Crippen LogP contribution in [0.15, 0.2) is 18.2 Å². The average Bonchev–Trinajstić information content (AvgIpc) is 2.26. The number of carbonyl (C=O) groups is 1. The van der Waals surface area contributed by atoms with Crippen molar-refractivity contribution in [3.63, 3.8) is 0 Å². The third-order valence-corrected chi connectivity index (χ3v) is 2.43. The Morgan fingerprint density at radius 3 is 2.31 bits per heavy atom. The number of benzene rings is 1. The zero-order valence-corrected chi connectivity index (χ0v) is 9.53. The highest BCUT2D eigenvalue weighted by molar-refractivity contribution is 9.09. The molecule has 0 aliphatic heterocycles. The van der Waals surface area contributed by atoms with Gasteiger partial charge in [-0.2, -0.15) is 13.2 Å². The topological polar surface area (TPSA) is 17.1 Å². The molecule has 0 saturated heterocycles. The SMILES string of the molecule is O=C(CBr)c1cc(CF)cc(C(F)(F)F)c1. The fourth-order valence-corrected chi connectivity index (χ4v) is 1.49. The second-order valence-corrected chi connectivity index (χ2v) is 3.67. The molecule has 0 amide bonds. The van der Waals surface area contributed by atoms with Gasteiger partial charge in [-0.3, -0.25) is 4.79 Å². The molecule has 1 nitrogen and oxygen atoms in total. The summed E-state index contributed by atoms with van der Waals surface area (Å²) in [5, 5.41) is -0.0972. The van der Waals surface area contributed by atoms with Crippen LogP contribution in [0.5, 0.6) is 0 Å². The van der Waals surface area contributed by atoms with Crippen LogP contribution >= 0.6 is 15.9 Å². The van der Waals surface area contributed by atoms with Gasteiger partial charge in [-0.05, 0) is 23.8 Å². The summed E-state index contributed by atoms with van der Waals surface area (Å²) in [6.07, 6.45) is -4.58. The van der Waals surface area contributed by atoms with E-state index in [4.69, 9.17) is 0 Å². The molecule has 16 heavy (non-hydrogen) atoms. The van der Waals surface area contributed by atoms with Crippen molar-refractivity contribution in [2.24, 2.45) is 0 Å². The van der Waals surface area contributed by atoms with E-state index in [2.05, 4.69) is 15.9 Å². The van der Waals surface area contributed by atoms with Gasteiger partial charge in [0, 0.05) is 5.56 Å². The van der Waals surface area contributed by atoms with E-state index < -0.39 is 24.2 Å². The van der Waals surface area contributed by atoms with Crippen LogP contribution in [0, 0.1) is 0 Å². The zero-order valence-electron chi connectivity index (χ0n) is 7.94. The predicted molar refractivity (Wildman–Crippen MR) is 54.4 cm³/mol. The maximum absolute atomic E-state index is 12.4. The highest BCUT2D eigenvalue weighted by Crippen LogP contribution is 2.31. The molecule has 1 aromatic carbocycles. The Morgan fingerprint density at radius 2 is 1.88 bits per heavy atom. The molecule has 0 atom stereocenters. The minimum Gasteiger partial charge on any atom is -0.293 e. The first-order valence-electron chi connectivity index (χ1n) is 4.24. The number of ketones is 1. The van der Waals surface area contributed by atoms with E-state index in [9.17, 15) is 22.4 Å². The van der Waals surface area contributed by atoms with Gasteiger partial charge in [0.15, 0.2) is 5.78 Å². The average molecular weight is 299 g/mol. The molecule has 0 aromatic heterocycles. The Morgan fingerprint density at radius 1 is 1.25 bits per heavy atom. The van der Waals surface area contributed by atoms with Gasteiger partial charge in [-0.25, -0.2) is 4.39 Å². The van der Waals surface area contributed by atoms with Crippen molar-refractivity contribution in [3.05, 3.63) is 34.9 Å². The van der Waals surface area contributed by atoms with Crippen LogP contribution in [0.3, 0.4) is 0 Å². The van der Waals surface area contributed by atoms with Gasteiger partial charge in [0.2, 0.25) is 0 Å². The summed E-state index contributed by atoms with van der Waals surface area (Å²) in [5.74, 6) is -0.513. The summed E-state index contributed by atoms with van der Waals surface area (Å²) in [5.41, 5.74) is -1.30. The number of Topliss-reactive ketones (excluding diaryl/α,β-unsaturated/α-hetero) is 1. The zero-order chi connectivity index (χ0) is 12.3. The van der Waals surface area contributed by atoms with Gasteiger partial charge in [-0.15, -0.1) is 0 Å². The molecule has 1 rings (SSSR count). The van der Waals surface area contributed by atoms with Crippen molar-refractivity contribution in [2.75, 3.05) is 5.33 Å². The molecule has 0 unspecified atom stereocenters. The van der Waals surface area contributed by atoms with E-state index in [1.807, 2.05) is 0 Å². The normalized spacial score (nSPS) is 11.6. The Kier molecular flexibility index (Phi) is 4.07. The Bertz CT molecular complexity index is 400. The maximum Gasteiger partial charge on any atom is 0.416 e. The van der Waals surface area contributed by atoms with Gasteiger partial charge in [-0.1, -0.05) is 15.9 Å². The van der Waals surface area contributed by atoms with Crippen LogP contribution in [0.4, 0.5) is 17.6 Å². The van der Waals surface area contributed by atoms with Crippen molar-refractivity contribution in [2.45, 2.75) is 12.9 Å². The van der Waals surface area contributed by atoms with Gasteiger partial charge < -0.3 is 0 Å². The first-order valence-corrected chi connectivity index (χ1v) is 5.37. The van der Waals surface area contributed by atoms with Crippen molar-refractivity contribution < 1.29 is 22.4 Å². The van der Waals surface area contributed by atoms with Gasteiger partial charge >= 0.3 is 6.18 Å². The summed E-state index contributed by atoms with van der Waals surface area (Å²) in [6.45, 7) is -1.04. The first-order chi connectivity index (χ1) is 7.38.